The molecule has 0 saturated carbocycles. The number of hydrogen-bond acceptors (Lipinski definition) is 5. The minimum atomic E-state index is -1.06. The summed E-state index contributed by atoms with van der Waals surface area (Å²) < 4.78 is 12.9. The molecule has 0 spiro atoms. The van der Waals surface area contributed by atoms with Crippen LogP contribution in [0.2, 0.25) is 0 Å². The second-order valence-corrected chi connectivity index (χ2v) is 5.43. The van der Waals surface area contributed by atoms with Crippen molar-refractivity contribution in [2.45, 2.75) is 18.8 Å². The Balaban J connectivity index is 1.80. The van der Waals surface area contributed by atoms with E-state index in [-0.39, 0.29) is 11.5 Å². The molecule has 1 saturated heterocycles. The first-order chi connectivity index (χ1) is 11.2. The zero-order chi connectivity index (χ0) is 16.2. The molecule has 2 aromatic heterocycles. The highest BCUT2D eigenvalue weighted by molar-refractivity contribution is 6.02. The highest BCUT2D eigenvalue weighted by atomic mass is 19.1. The Bertz CT molecular complexity index is 731. The maximum Gasteiger partial charge on any atom is 0.187 e. The lowest BCUT2D eigenvalue weighted by molar-refractivity contribution is 0.0977. The van der Waals surface area contributed by atoms with E-state index in [2.05, 4.69) is 14.9 Å². The van der Waals surface area contributed by atoms with Gasteiger partial charge in [-0.1, -0.05) is 0 Å². The van der Waals surface area contributed by atoms with E-state index < -0.39 is 11.7 Å². The van der Waals surface area contributed by atoms with E-state index in [1.807, 2.05) is 6.07 Å². The van der Waals surface area contributed by atoms with Crippen molar-refractivity contribution in [1.29, 1.82) is 5.26 Å². The van der Waals surface area contributed by atoms with Gasteiger partial charge in [-0.25, -0.2) is 9.37 Å². The molecule has 1 fully saturated rings. The molecule has 116 valence electrons. The summed E-state index contributed by atoms with van der Waals surface area (Å²) in [6, 6.07) is 7.95. The molecular weight excluding hydrogens is 295 g/mol. The normalized spacial score (nSPS) is 15.2. The average molecular weight is 310 g/mol. The van der Waals surface area contributed by atoms with Crippen LogP contribution in [-0.4, -0.2) is 28.8 Å². The zero-order valence-corrected chi connectivity index (χ0v) is 12.4. The van der Waals surface area contributed by atoms with Crippen molar-refractivity contribution in [3.8, 4) is 6.07 Å². The molecule has 0 bridgehead atoms. The molecule has 1 aliphatic rings. The molecule has 23 heavy (non-hydrogen) atoms. The summed E-state index contributed by atoms with van der Waals surface area (Å²) in [7, 11) is 0. The minimum Gasteiger partial charge on any atom is -0.357 e. The summed E-state index contributed by atoms with van der Waals surface area (Å²) in [6.07, 6.45) is 4.79. The first kappa shape index (κ1) is 15.1. The molecule has 0 aromatic carbocycles. The van der Waals surface area contributed by atoms with Crippen LogP contribution in [0.1, 0.15) is 34.8 Å². The summed E-state index contributed by atoms with van der Waals surface area (Å²) in [5.41, 5.74) is 0.591. The number of rotatable bonds is 4. The molecule has 3 rings (SSSR count). The van der Waals surface area contributed by atoms with E-state index in [4.69, 9.17) is 0 Å². The molecule has 0 unspecified atom stereocenters. The number of pyridine rings is 2. The van der Waals surface area contributed by atoms with Gasteiger partial charge in [0.1, 0.15) is 11.6 Å². The summed E-state index contributed by atoms with van der Waals surface area (Å²) in [5, 5.41) is 9.27. The van der Waals surface area contributed by atoms with Crippen molar-refractivity contribution in [1.82, 2.24) is 9.97 Å². The monoisotopic (exact) mass is 310 g/mol. The largest absolute Gasteiger partial charge is 0.357 e. The molecule has 0 aliphatic carbocycles. The fourth-order valence-corrected chi connectivity index (χ4v) is 2.65. The van der Waals surface area contributed by atoms with Crippen LogP contribution in [0.15, 0.2) is 36.7 Å². The van der Waals surface area contributed by atoms with Crippen molar-refractivity contribution < 1.29 is 9.18 Å². The van der Waals surface area contributed by atoms with Gasteiger partial charge < -0.3 is 4.90 Å². The smallest absolute Gasteiger partial charge is 0.187 e. The van der Waals surface area contributed by atoms with Crippen molar-refractivity contribution >= 4 is 11.6 Å². The summed E-state index contributed by atoms with van der Waals surface area (Å²) in [6.45, 7) is 1.95. The second kappa shape index (κ2) is 6.53. The van der Waals surface area contributed by atoms with Gasteiger partial charge in [0.2, 0.25) is 0 Å². The topological polar surface area (TPSA) is 69.9 Å². The molecule has 1 aliphatic heterocycles. The molecule has 0 N–H and O–H groups in total. The third-order valence-corrected chi connectivity index (χ3v) is 3.90. The third kappa shape index (κ3) is 3.19. The fourth-order valence-electron chi connectivity index (χ4n) is 2.65. The standard InChI is InChI=1S/C17H15FN4O/c18-13-4-5-15(20-11-13)14(9-19)17(23)12-3-6-16(21-10-12)22-7-1-2-8-22/h3-6,10-11,14H,1-2,7-8H2/t14-/m0/s1. The van der Waals surface area contributed by atoms with Gasteiger partial charge in [0.15, 0.2) is 11.7 Å². The van der Waals surface area contributed by atoms with Gasteiger partial charge in [-0.2, -0.15) is 5.26 Å². The third-order valence-electron chi connectivity index (χ3n) is 3.90. The lowest BCUT2D eigenvalue weighted by Crippen LogP contribution is -2.19. The predicted octanol–water partition coefficient (Wildman–Crippen LogP) is 2.71. The quantitative estimate of drug-likeness (QED) is 0.812. The van der Waals surface area contributed by atoms with Crippen LogP contribution >= 0.6 is 0 Å². The number of nitrogens with zero attached hydrogens (tertiary/aromatic N) is 4. The number of carbonyl (C=O) groups excluding carboxylic acids is 1. The number of halogens is 1. The number of ketones is 1. The van der Waals surface area contributed by atoms with Gasteiger partial charge in [-0.15, -0.1) is 0 Å². The predicted molar refractivity (Wildman–Crippen MR) is 82.6 cm³/mol. The van der Waals surface area contributed by atoms with Crippen LogP contribution < -0.4 is 4.90 Å². The van der Waals surface area contributed by atoms with Gasteiger partial charge >= 0.3 is 0 Å². The maximum atomic E-state index is 12.9. The van der Waals surface area contributed by atoms with Crippen LogP contribution in [0.25, 0.3) is 0 Å². The minimum absolute atomic E-state index is 0.238. The van der Waals surface area contributed by atoms with Gasteiger partial charge in [-0.3, -0.25) is 9.78 Å². The number of anilines is 1. The van der Waals surface area contributed by atoms with Crippen molar-refractivity contribution in [3.63, 3.8) is 0 Å². The molecule has 0 radical (unpaired) electrons. The second-order valence-electron chi connectivity index (χ2n) is 5.43. The summed E-state index contributed by atoms with van der Waals surface area (Å²) in [4.78, 5) is 22.8. The Kier molecular flexibility index (Phi) is 4.29. The number of carbonyl (C=O) groups is 1. The Hall–Kier alpha value is -2.81. The van der Waals surface area contributed by atoms with Gasteiger partial charge in [-0.05, 0) is 37.1 Å². The molecular formula is C17H15FN4O. The summed E-state index contributed by atoms with van der Waals surface area (Å²) in [5.74, 6) is -1.11. The van der Waals surface area contributed by atoms with Crippen LogP contribution in [0.5, 0.6) is 0 Å². The van der Waals surface area contributed by atoms with E-state index in [9.17, 15) is 14.4 Å². The molecule has 1 atom stereocenters. The molecule has 3 heterocycles. The van der Waals surface area contributed by atoms with Crippen molar-refractivity contribution in [2.75, 3.05) is 18.0 Å². The van der Waals surface area contributed by atoms with E-state index in [1.165, 1.54) is 18.3 Å². The van der Waals surface area contributed by atoms with Gasteiger partial charge in [0.05, 0.1) is 18.0 Å². The first-order valence-electron chi connectivity index (χ1n) is 7.45. The van der Waals surface area contributed by atoms with E-state index in [0.29, 0.717) is 5.56 Å². The Morgan fingerprint density at radius 3 is 2.52 bits per heavy atom. The maximum absolute atomic E-state index is 12.9. The van der Waals surface area contributed by atoms with Crippen LogP contribution in [0, 0.1) is 17.1 Å². The SMILES string of the molecule is N#C[C@H](C(=O)c1ccc(N2CCCC2)nc1)c1ccc(F)cn1. The molecule has 0 amide bonds. The van der Waals surface area contributed by atoms with Crippen LogP contribution in [-0.2, 0) is 0 Å². The molecule has 2 aromatic rings. The highest BCUT2D eigenvalue weighted by Crippen LogP contribution is 2.21. The number of Topliss-reactive ketones (excluding diaryl/α,β-unsaturated/α-hetero) is 1. The fraction of sp³-hybridized carbons (Fsp3) is 0.294. The van der Waals surface area contributed by atoms with E-state index in [0.717, 1.165) is 37.9 Å². The number of nitriles is 1. The van der Waals surface area contributed by atoms with Crippen molar-refractivity contribution in [3.05, 3.63) is 53.7 Å². The lowest BCUT2D eigenvalue weighted by atomic mass is 9.96. The lowest BCUT2D eigenvalue weighted by Gasteiger charge is -2.16. The van der Waals surface area contributed by atoms with Gasteiger partial charge in [0, 0.05) is 24.8 Å². The zero-order valence-electron chi connectivity index (χ0n) is 12.4. The number of hydrogen-bond donors (Lipinski definition) is 0. The first-order valence-corrected chi connectivity index (χ1v) is 7.45. The Labute approximate surface area is 133 Å². The van der Waals surface area contributed by atoms with E-state index >= 15 is 0 Å². The van der Waals surface area contributed by atoms with Crippen molar-refractivity contribution in [2.24, 2.45) is 0 Å². The Morgan fingerprint density at radius 1 is 1.17 bits per heavy atom. The summed E-state index contributed by atoms with van der Waals surface area (Å²) >= 11 is 0. The molecule has 6 heteroatoms. The van der Waals surface area contributed by atoms with E-state index in [1.54, 1.807) is 12.1 Å². The van der Waals surface area contributed by atoms with Gasteiger partial charge in [0.25, 0.3) is 0 Å². The highest BCUT2D eigenvalue weighted by Gasteiger charge is 2.24. The van der Waals surface area contributed by atoms with Crippen LogP contribution in [0.3, 0.4) is 0 Å². The Morgan fingerprint density at radius 2 is 1.96 bits per heavy atom. The van der Waals surface area contributed by atoms with Crippen LogP contribution in [0.4, 0.5) is 10.2 Å². The average Bonchev–Trinajstić information content (AvgIpc) is 3.12. The molecule has 5 nitrogen and oxygen atoms in total. The number of aromatic nitrogens is 2.